The second-order valence-electron chi connectivity index (χ2n) is 3.98. The van der Waals surface area contributed by atoms with Gasteiger partial charge in [0.1, 0.15) is 6.04 Å². The molecule has 4 nitrogen and oxygen atoms in total. The fourth-order valence-electron chi connectivity index (χ4n) is 2.42. The smallest absolute Gasteiger partial charge is 0.305 e. The predicted octanol–water partition coefficient (Wildman–Crippen LogP) is 0.142. The van der Waals surface area contributed by atoms with E-state index >= 15 is 0 Å². The van der Waals surface area contributed by atoms with Crippen molar-refractivity contribution in [1.82, 2.24) is 10.2 Å². The van der Waals surface area contributed by atoms with Crippen LogP contribution in [0.2, 0.25) is 0 Å². The Bertz CT molecular complexity index is 342. The van der Waals surface area contributed by atoms with Gasteiger partial charge in [0, 0.05) is 13.1 Å². The van der Waals surface area contributed by atoms with Crippen molar-refractivity contribution >= 4 is 11.8 Å². The van der Waals surface area contributed by atoms with Gasteiger partial charge >= 0.3 is 6.18 Å². The maximum absolute atomic E-state index is 12.6. The average molecular weight is 236 g/mol. The lowest BCUT2D eigenvalue weighted by Gasteiger charge is -2.20. The van der Waals surface area contributed by atoms with Crippen LogP contribution in [0.1, 0.15) is 6.92 Å². The maximum atomic E-state index is 12.6. The summed E-state index contributed by atoms with van der Waals surface area (Å²) in [6.07, 6.45) is -4.49. The van der Waals surface area contributed by atoms with Gasteiger partial charge in [-0.15, -0.1) is 0 Å². The molecule has 2 rings (SSSR count). The molecule has 0 bridgehead atoms. The van der Waals surface area contributed by atoms with Gasteiger partial charge in [-0.2, -0.15) is 13.2 Å². The van der Waals surface area contributed by atoms with Crippen molar-refractivity contribution in [3.8, 4) is 0 Å². The van der Waals surface area contributed by atoms with Crippen molar-refractivity contribution < 1.29 is 22.8 Å². The molecule has 2 heterocycles. The number of nitrogens with one attached hydrogen (secondary N) is 1. The van der Waals surface area contributed by atoms with Gasteiger partial charge in [0.05, 0.1) is 11.8 Å². The molecule has 90 valence electrons. The van der Waals surface area contributed by atoms with Crippen LogP contribution in [0.15, 0.2) is 0 Å². The summed E-state index contributed by atoms with van der Waals surface area (Å²) in [7, 11) is 0. The van der Waals surface area contributed by atoms with E-state index in [1.165, 1.54) is 0 Å². The Morgan fingerprint density at radius 2 is 2.00 bits per heavy atom. The number of hydrogen-bond donors (Lipinski definition) is 1. The molecule has 0 saturated carbocycles. The average Bonchev–Trinajstić information content (AvgIpc) is 2.68. The quantitative estimate of drug-likeness (QED) is 0.659. The van der Waals surface area contributed by atoms with Crippen molar-refractivity contribution in [2.75, 3.05) is 13.1 Å². The van der Waals surface area contributed by atoms with Crippen LogP contribution >= 0.6 is 0 Å². The summed E-state index contributed by atoms with van der Waals surface area (Å²) in [6, 6.07) is -1.88. The lowest BCUT2D eigenvalue weighted by atomic mass is 9.93. The SMILES string of the molecule is CCN1C(=O)C2CNC(C(F)(F)F)C2C1=O. The Morgan fingerprint density at radius 1 is 1.38 bits per heavy atom. The highest BCUT2D eigenvalue weighted by atomic mass is 19.4. The molecule has 2 aliphatic rings. The maximum Gasteiger partial charge on any atom is 0.404 e. The first-order valence-corrected chi connectivity index (χ1v) is 5.03. The molecule has 16 heavy (non-hydrogen) atoms. The van der Waals surface area contributed by atoms with Crippen LogP contribution < -0.4 is 5.32 Å². The van der Waals surface area contributed by atoms with E-state index in [1.807, 2.05) is 0 Å². The normalized spacial score (nSPS) is 34.8. The van der Waals surface area contributed by atoms with E-state index < -0.39 is 35.9 Å². The van der Waals surface area contributed by atoms with E-state index in [-0.39, 0.29) is 13.1 Å². The number of carbonyl (C=O) groups is 2. The fourth-order valence-corrected chi connectivity index (χ4v) is 2.42. The Kier molecular flexibility index (Phi) is 2.45. The molecule has 2 fully saturated rings. The summed E-state index contributed by atoms with van der Waals surface area (Å²) in [5, 5.41) is 2.21. The van der Waals surface area contributed by atoms with Crippen LogP contribution in [-0.2, 0) is 9.59 Å². The van der Waals surface area contributed by atoms with E-state index in [9.17, 15) is 22.8 Å². The number of halogens is 3. The minimum Gasteiger partial charge on any atom is -0.305 e. The van der Waals surface area contributed by atoms with Crippen molar-refractivity contribution in [3.05, 3.63) is 0 Å². The van der Waals surface area contributed by atoms with Gasteiger partial charge in [-0.05, 0) is 6.92 Å². The Morgan fingerprint density at radius 3 is 2.50 bits per heavy atom. The number of amides is 2. The molecule has 2 aliphatic heterocycles. The first-order valence-electron chi connectivity index (χ1n) is 5.03. The van der Waals surface area contributed by atoms with Gasteiger partial charge in [-0.3, -0.25) is 14.5 Å². The number of rotatable bonds is 1. The van der Waals surface area contributed by atoms with Gasteiger partial charge in [-0.25, -0.2) is 0 Å². The predicted molar refractivity (Wildman–Crippen MR) is 47.2 cm³/mol. The van der Waals surface area contributed by atoms with Crippen LogP contribution in [0, 0.1) is 11.8 Å². The van der Waals surface area contributed by atoms with Crippen molar-refractivity contribution in [2.24, 2.45) is 11.8 Å². The third-order valence-corrected chi connectivity index (χ3v) is 3.15. The van der Waals surface area contributed by atoms with Gasteiger partial charge in [0.2, 0.25) is 11.8 Å². The first-order chi connectivity index (χ1) is 7.38. The number of imide groups is 1. The molecule has 1 N–H and O–H groups in total. The third-order valence-electron chi connectivity index (χ3n) is 3.15. The molecule has 7 heteroatoms. The Balaban J connectivity index is 2.29. The molecular weight excluding hydrogens is 225 g/mol. The van der Waals surface area contributed by atoms with E-state index in [4.69, 9.17) is 0 Å². The van der Waals surface area contributed by atoms with E-state index in [0.717, 1.165) is 4.90 Å². The third kappa shape index (κ3) is 1.41. The molecule has 0 radical (unpaired) electrons. The zero-order valence-corrected chi connectivity index (χ0v) is 8.54. The summed E-state index contributed by atoms with van der Waals surface area (Å²) >= 11 is 0. The van der Waals surface area contributed by atoms with Gasteiger partial charge < -0.3 is 5.32 Å². The molecule has 0 spiro atoms. The number of hydrogen-bond acceptors (Lipinski definition) is 3. The minimum atomic E-state index is -4.49. The second-order valence-corrected chi connectivity index (χ2v) is 3.98. The first kappa shape index (κ1) is 11.4. The summed E-state index contributed by atoms with van der Waals surface area (Å²) in [5.74, 6) is -3.31. The lowest BCUT2D eigenvalue weighted by molar-refractivity contribution is -0.168. The molecule has 0 aromatic heterocycles. The topological polar surface area (TPSA) is 49.4 Å². The molecule has 2 saturated heterocycles. The zero-order chi connectivity index (χ0) is 12.1. The lowest BCUT2D eigenvalue weighted by Crippen LogP contribution is -2.46. The number of alkyl halides is 3. The van der Waals surface area contributed by atoms with Crippen LogP contribution in [0.4, 0.5) is 13.2 Å². The second kappa shape index (κ2) is 3.44. The molecule has 3 unspecified atom stereocenters. The highest BCUT2D eigenvalue weighted by molar-refractivity contribution is 6.06. The molecular formula is C9H11F3N2O2. The van der Waals surface area contributed by atoms with Crippen molar-refractivity contribution in [2.45, 2.75) is 19.1 Å². The molecule has 3 atom stereocenters. The van der Waals surface area contributed by atoms with Crippen LogP contribution in [0.3, 0.4) is 0 Å². The summed E-state index contributed by atoms with van der Waals surface area (Å²) in [6.45, 7) is 1.64. The van der Waals surface area contributed by atoms with E-state index in [0.29, 0.717) is 0 Å². The van der Waals surface area contributed by atoms with Crippen LogP contribution in [0.5, 0.6) is 0 Å². The summed E-state index contributed by atoms with van der Waals surface area (Å²) < 4.78 is 37.8. The molecule has 0 aromatic carbocycles. The minimum absolute atomic E-state index is 0.0735. The summed E-state index contributed by atoms with van der Waals surface area (Å²) in [5.41, 5.74) is 0. The fraction of sp³-hybridized carbons (Fsp3) is 0.778. The molecule has 2 amide bonds. The van der Waals surface area contributed by atoms with Crippen molar-refractivity contribution in [1.29, 1.82) is 0 Å². The molecule has 0 aliphatic carbocycles. The van der Waals surface area contributed by atoms with Gasteiger partial charge in [0.15, 0.2) is 0 Å². The van der Waals surface area contributed by atoms with Gasteiger partial charge in [0.25, 0.3) is 0 Å². The zero-order valence-electron chi connectivity index (χ0n) is 8.54. The number of nitrogens with zero attached hydrogens (tertiary/aromatic N) is 1. The standard InChI is InChI=1S/C9H11F3N2O2/c1-2-14-7(15)4-3-13-6(9(10,11)12)5(4)8(14)16/h4-6,13H,2-3H2,1H3. The van der Waals surface area contributed by atoms with E-state index in [2.05, 4.69) is 5.32 Å². The van der Waals surface area contributed by atoms with Gasteiger partial charge in [-0.1, -0.05) is 0 Å². The highest BCUT2D eigenvalue weighted by Crippen LogP contribution is 2.39. The van der Waals surface area contributed by atoms with Crippen LogP contribution in [-0.4, -0.2) is 42.0 Å². The molecule has 0 aromatic rings. The Hall–Kier alpha value is -1.11. The monoisotopic (exact) mass is 236 g/mol. The number of likely N-dealkylation sites (tertiary alicyclic amines) is 1. The summed E-state index contributed by atoms with van der Waals surface area (Å²) in [4.78, 5) is 24.2. The number of fused-ring (bicyclic) bond motifs is 1. The van der Waals surface area contributed by atoms with E-state index in [1.54, 1.807) is 6.92 Å². The largest absolute Gasteiger partial charge is 0.404 e. The van der Waals surface area contributed by atoms with Crippen LogP contribution in [0.25, 0.3) is 0 Å². The van der Waals surface area contributed by atoms with Crippen molar-refractivity contribution in [3.63, 3.8) is 0 Å². The number of carbonyl (C=O) groups excluding carboxylic acids is 2. The highest BCUT2D eigenvalue weighted by Gasteiger charge is 2.61. The Labute approximate surface area is 89.8 Å².